The Bertz CT molecular complexity index is 447. The van der Waals surface area contributed by atoms with Crippen LogP contribution in [0.5, 0.6) is 0 Å². The molecule has 1 aromatic carbocycles. The van der Waals surface area contributed by atoms with Gasteiger partial charge in [0, 0.05) is 12.1 Å². The minimum Gasteiger partial charge on any atom is -0.316 e. The summed E-state index contributed by atoms with van der Waals surface area (Å²) in [6, 6.07) is 3.59. The molecule has 0 spiro atoms. The SMILES string of the molecule is CNC(Cc1cc(Cl)c([N+](=O)[O-])cc1C)C(C)C. The third-order valence-electron chi connectivity index (χ3n) is 3.22. The quantitative estimate of drug-likeness (QED) is 0.659. The number of hydrogen-bond acceptors (Lipinski definition) is 3. The number of hydrogen-bond donors (Lipinski definition) is 1. The number of nitrogens with one attached hydrogen (secondary N) is 1. The van der Waals surface area contributed by atoms with Crippen LogP contribution in [0.15, 0.2) is 12.1 Å². The minimum absolute atomic E-state index is 0.0246. The van der Waals surface area contributed by atoms with Gasteiger partial charge in [0.15, 0.2) is 0 Å². The van der Waals surface area contributed by atoms with Crippen molar-refractivity contribution in [3.63, 3.8) is 0 Å². The highest BCUT2D eigenvalue weighted by Gasteiger charge is 2.18. The number of aryl methyl sites for hydroxylation is 1. The lowest BCUT2D eigenvalue weighted by Crippen LogP contribution is -2.32. The molecule has 1 atom stereocenters. The Morgan fingerprint density at radius 1 is 1.44 bits per heavy atom. The van der Waals surface area contributed by atoms with Gasteiger partial charge in [0.2, 0.25) is 0 Å². The lowest BCUT2D eigenvalue weighted by molar-refractivity contribution is -0.384. The molecule has 0 saturated carbocycles. The number of likely N-dealkylation sites (N-methyl/N-ethyl adjacent to an activating group) is 1. The Balaban J connectivity index is 3.04. The lowest BCUT2D eigenvalue weighted by Gasteiger charge is -2.21. The molecule has 0 aliphatic heterocycles. The van der Waals surface area contributed by atoms with Gasteiger partial charge < -0.3 is 5.32 Å². The van der Waals surface area contributed by atoms with Gasteiger partial charge in [0.05, 0.1) is 4.92 Å². The van der Waals surface area contributed by atoms with Crippen molar-refractivity contribution in [2.45, 2.75) is 33.2 Å². The third kappa shape index (κ3) is 3.43. The zero-order valence-corrected chi connectivity index (χ0v) is 11.9. The molecule has 0 aliphatic rings. The molecule has 0 saturated heterocycles. The number of nitro groups is 1. The van der Waals surface area contributed by atoms with E-state index in [9.17, 15) is 10.1 Å². The maximum Gasteiger partial charge on any atom is 0.288 e. The third-order valence-corrected chi connectivity index (χ3v) is 3.52. The van der Waals surface area contributed by atoms with Gasteiger partial charge in [0.25, 0.3) is 5.69 Å². The Morgan fingerprint density at radius 2 is 2.06 bits per heavy atom. The molecule has 0 aromatic heterocycles. The number of benzene rings is 1. The summed E-state index contributed by atoms with van der Waals surface area (Å²) in [4.78, 5) is 10.3. The van der Waals surface area contributed by atoms with Crippen molar-refractivity contribution in [2.24, 2.45) is 5.92 Å². The molecule has 0 bridgehead atoms. The van der Waals surface area contributed by atoms with Gasteiger partial charge in [-0.25, -0.2) is 0 Å². The summed E-state index contributed by atoms with van der Waals surface area (Å²) >= 11 is 5.94. The molecular formula is C13H19ClN2O2. The molecule has 0 amide bonds. The van der Waals surface area contributed by atoms with Crippen LogP contribution in [0, 0.1) is 23.0 Å². The molecular weight excluding hydrogens is 252 g/mol. The summed E-state index contributed by atoms with van der Waals surface area (Å²) in [5.41, 5.74) is 1.94. The second-order valence-corrected chi connectivity index (χ2v) is 5.24. The van der Waals surface area contributed by atoms with Crippen LogP contribution in [0.2, 0.25) is 5.02 Å². The normalized spacial score (nSPS) is 12.8. The van der Waals surface area contributed by atoms with Crippen LogP contribution in [0.1, 0.15) is 25.0 Å². The minimum atomic E-state index is -0.447. The van der Waals surface area contributed by atoms with Crippen LogP contribution in [0.25, 0.3) is 0 Å². The molecule has 0 fully saturated rings. The average Bonchev–Trinajstić information content (AvgIpc) is 2.28. The van der Waals surface area contributed by atoms with E-state index in [0.29, 0.717) is 12.0 Å². The van der Waals surface area contributed by atoms with Gasteiger partial charge in [-0.3, -0.25) is 10.1 Å². The second kappa shape index (κ2) is 6.16. The highest BCUT2D eigenvalue weighted by molar-refractivity contribution is 6.32. The van der Waals surface area contributed by atoms with Crippen LogP contribution in [-0.2, 0) is 6.42 Å². The molecule has 0 aliphatic carbocycles. The number of rotatable bonds is 5. The molecule has 100 valence electrons. The predicted octanol–water partition coefficient (Wildman–Crippen LogP) is 3.34. The van der Waals surface area contributed by atoms with Crippen LogP contribution in [0.4, 0.5) is 5.69 Å². The van der Waals surface area contributed by atoms with E-state index in [1.165, 1.54) is 0 Å². The smallest absolute Gasteiger partial charge is 0.288 e. The monoisotopic (exact) mass is 270 g/mol. The van der Waals surface area contributed by atoms with Gasteiger partial charge in [-0.1, -0.05) is 25.4 Å². The summed E-state index contributed by atoms with van der Waals surface area (Å²) in [6.45, 7) is 6.17. The van der Waals surface area contributed by atoms with Gasteiger partial charge >= 0.3 is 0 Å². The molecule has 4 nitrogen and oxygen atoms in total. The average molecular weight is 271 g/mol. The highest BCUT2D eigenvalue weighted by atomic mass is 35.5. The maximum atomic E-state index is 10.8. The Morgan fingerprint density at radius 3 is 2.50 bits per heavy atom. The fourth-order valence-electron chi connectivity index (χ4n) is 1.98. The summed E-state index contributed by atoms with van der Waals surface area (Å²) < 4.78 is 0. The highest BCUT2D eigenvalue weighted by Crippen LogP contribution is 2.28. The first-order chi connectivity index (χ1) is 8.36. The summed E-state index contributed by atoms with van der Waals surface area (Å²) in [6.07, 6.45) is 0.817. The van der Waals surface area contributed by atoms with E-state index in [0.717, 1.165) is 17.5 Å². The first-order valence-electron chi connectivity index (χ1n) is 5.97. The van der Waals surface area contributed by atoms with Crippen molar-refractivity contribution in [3.05, 3.63) is 38.4 Å². The van der Waals surface area contributed by atoms with Crippen LogP contribution >= 0.6 is 11.6 Å². The van der Waals surface area contributed by atoms with Crippen LogP contribution < -0.4 is 5.32 Å². The van der Waals surface area contributed by atoms with Crippen molar-refractivity contribution in [1.29, 1.82) is 0 Å². The summed E-state index contributed by atoms with van der Waals surface area (Å²) in [7, 11) is 1.92. The second-order valence-electron chi connectivity index (χ2n) is 4.83. The van der Waals surface area contributed by atoms with Crippen molar-refractivity contribution < 1.29 is 4.92 Å². The fourth-order valence-corrected chi connectivity index (χ4v) is 2.23. The number of nitro benzene ring substituents is 1. The predicted molar refractivity (Wildman–Crippen MR) is 74.2 cm³/mol. The standard InChI is InChI=1S/C13H19ClN2O2/c1-8(2)12(15-4)7-10-6-11(14)13(16(17)18)5-9(10)3/h5-6,8,12,15H,7H2,1-4H3. The molecule has 1 N–H and O–H groups in total. The zero-order valence-electron chi connectivity index (χ0n) is 11.2. The van der Waals surface area contributed by atoms with Crippen molar-refractivity contribution >= 4 is 17.3 Å². The molecule has 18 heavy (non-hydrogen) atoms. The summed E-state index contributed by atoms with van der Waals surface area (Å²) in [5, 5.41) is 14.2. The molecule has 1 aromatic rings. The lowest BCUT2D eigenvalue weighted by atomic mass is 9.94. The summed E-state index contributed by atoms with van der Waals surface area (Å²) in [5.74, 6) is 0.489. The first-order valence-corrected chi connectivity index (χ1v) is 6.35. The Hall–Kier alpha value is -1.13. The van der Waals surface area contributed by atoms with E-state index in [2.05, 4.69) is 19.2 Å². The van der Waals surface area contributed by atoms with E-state index in [4.69, 9.17) is 11.6 Å². The van der Waals surface area contributed by atoms with E-state index in [1.807, 2.05) is 14.0 Å². The zero-order chi connectivity index (χ0) is 13.9. The maximum absolute atomic E-state index is 10.8. The largest absolute Gasteiger partial charge is 0.316 e. The molecule has 1 unspecified atom stereocenters. The topological polar surface area (TPSA) is 55.2 Å². The molecule has 0 heterocycles. The van der Waals surface area contributed by atoms with E-state index < -0.39 is 4.92 Å². The van der Waals surface area contributed by atoms with E-state index in [1.54, 1.807) is 12.1 Å². The first kappa shape index (κ1) is 14.9. The van der Waals surface area contributed by atoms with Gasteiger partial charge in [-0.15, -0.1) is 0 Å². The number of halogens is 1. The Kier molecular flexibility index (Phi) is 5.11. The van der Waals surface area contributed by atoms with E-state index >= 15 is 0 Å². The van der Waals surface area contributed by atoms with Crippen molar-refractivity contribution in [3.8, 4) is 0 Å². The van der Waals surface area contributed by atoms with E-state index in [-0.39, 0.29) is 10.7 Å². The van der Waals surface area contributed by atoms with Gasteiger partial charge in [-0.05, 0) is 43.5 Å². The van der Waals surface area contributed by atoms with Crippen molar-refractivity contribution in [1.82, 2.24) is 5.32 Å². The molecule has 5 heteroatoms. The molecule has 0 radical (unpaired) electrons. The van der Waals surface area contributed by atoms with Crippen LogP contribution in [0.3, 0.4) is 0 Å². The number of nitrogens with zero attached hydrogens (tertiary/aromatic N) is 1. The van der Waals surface area contributed by atoms with Crippen molar-refractivity contribution in [2.75, 3.05) is 7.05 Å². The fraction of sp³-hybridized carbons (Fsp3) is 0.538. The van der Waals surface area contributed by atoms with Gasteiger partial charge in [0.1, 0.15) is 5.02 Å². The molecule has 1 rings (SSSR count). The Labute approximate surface area is 112 Å². The van der Waals surface area contributed by atoms with Crippen LogP contribution in [-0.4, -0.2) is 18.0 Å². The van der Waals surface area contributed by atoms with Gasteiger partial charge in [-0.2, -0.15) is 0 Å².